The van der Waals surface area contributed by atoms with Gasteiger partial charge in [-0.15, -0.1) is 0 Å². The van der Waals surface area contributed by atoms with Gasteiger partial charge in [0, 0.05) is 97.8 Å². The fourth-order valence-corrected chi connectivity index (χ4v) is 24.3. The van der Waals surface area contributed by atoms with Gasteiger partial charge in [-0.2, -0.15) is 0 Å². The van der Waals surface area contributed by atoms with Crippen molar-refractivity contribution in [1.29, 1.82) is 0 Å². The number of fused-ring (bicyclic) bond motifs is 41. The maximum atomic E-state index is 3.82. The summed E-state index contributed by atoms with van der Waals surface area (Å²) < 4.78 is 0. The number of aromatic amines is 4. The molecule has 25 aromatic rings. The molecule has 0 bridgehead atoms. The van der Waals surface area contributed by atoms with E-state index < -0.39 is 0 Å². The van der Waals surface area contributed by atoms with Crippen molar-refractivity contribution >= 4 is 141 Å². The molecule has 128 heavy (non-hydrogen) atoms. The van der Waals surface area contributed by atoms with Crippen molar-refractivity contribution in [3.63, 3.8) is 0 Å². The first kappa shape index (κ1) is 72.6. The lowest BCUT2D eigenvalue weighted by Crippen LogP contribution is -2.28. The van der Waals surface area contributed by atoms with Crippen LogP contribution in [0, 0.1) is 0 Å². The predicted octanol–water partition coefficient (Wildman–Crippen LogP) is 32.4. The van der Waals surface area contributed by atoms with E-state index in [-0.39, 0.29) is 21.7 Å². The van der Waals surface area contributed by atoms with Gasteiger partial charge in [0.05, 0.1) is 21.9 Å². The van der Waals surface area contributed by atoms with E-state index in [9.17, 15) is 0 Å². The third kappa shape index (κ3) is 9.94. The van der Waals surface area contributed by atoms with E-state index in [1.807, 2.05) is 0 Å². The van der Waals surface area contributed by atoms with Gasteiger partial charge in [-0.05, 0) is 226 Å². The normalized spacial score (nSPS) is 14.3. The third-order valence-electron chi connectivity index (χ3n) is 30.0. The van der Waals surface area contributed by atoms with E-state index in [2.05, 4.69) is 460 Å². The summed E-state index contributed by atoms with van der Waals surface area (Å²) in [6, 6.07) is 152. The summed E-state index contributed by atoms with van der Waals surface area (Å²) in [6.07, 6.45) is 0. The van der Waals surface area contributed by atoms with Crippen molar-refractivity contribution < 1.29 is 0 Å². The van der Waals surface area contributed by atoms with E-state index in [0.717, 1.165) is 0 Å². The molecule has 1 spiro atoms. The van der Waals surface area contributed by atoms with Crippen LogP contribution >= 0.6 is 0 Å². The second-order valence-corrected chi connectivity index (χ2v) is 37.0. The first-order valence-electron chi connectivity index (χ1n) is 45.0. The number of hydrogen-bond acceptors (Lipinski definition) is 0. The molecule has 0 unspecified atom stereocenters. The second kappa shape index (κ2) is 26.8. The van der Waals surface area contributed by atoms with Gasteiger partial charge in [0.1, 0.15) is 0 Å². The van der Waals surface area contributed by atoms with Crippen LogP contribution in [0.5, 0.6) is 0 Å². The van der Waals surface area contributed by atoms with Crippen LogP contribution in [0.25, 0.3) is 197 Å². The smallest absolute Gasteiger partial charge is 0.0726 e. The van der Waals surface area contributed by atoms with E-state index in [1.54, 1.807) is 0 Å². The standard InChI is InChI=1S/C35H21N.C35H23N.C29H21N.C25H19N/c1-2-10-22-21(9-1)17-18-30-34(22)27-19-26-25-13-5-8-16-32(25)36-33(26)20-31(27)35(30)28-14-6-3-11-23(28)24-12-4-7-15-29(24)35;1-3-12-24(13-4-1)35(25-14-5-2-6-15-25)31-18-10-9-17-27(31)29-21-30-28-20-19-23-11-7-8-16-26(23)34(28)36-33(30)22-32(29)35;1-29(2)23-13-11-17-7-3-5-9-19(17)27(23)21-15-22-26(16-24(21)29)30-25-14-12-18-8-4-6-10-20(18)28(22)25;1-25(2)21-10-6-5-9-17(21)19-14-23-20(13-22(19)25)18-12-11-15-7-3-4-8-16(15)24(18)26-23/h1-20,36H;1-22,36H;3-16,30H,1-2H3;3-14,26H,1-2H3. The molecule has 4 aromatic heterocycles. The summed E-state index contributed by atoms with van der Waals surface area (Å²) >= 11 is 0. The monoisotopic (exact) mass is 1630 g/mol. The molecule has 5 aliphatic rings. The minimum atomic E-state index is -0.373. The van der Waals surface area contributed by atoms with E-state index in [4.69, 9.17) is 0 Å². The second-order valence-electron chi connectivity index (χ2n) is 37.0. The summed E-state index contributed by atoms with van der Waals surface area (Å²) in [5.74, 6) is 0. The van der Waals surface area contributed by atoms with Crippen molar-refractivity contribution in [2.45, 2.75) is 49.4 Å². The van der Waals surface area contributed by atoms with Gasteiger partial charge in [-0.3, -0.25) is 0 Å². The maximum absolute atomic E-state index is 3.82. The van der Waals surface area contributed by atoms with Crippen LogP contribution in [-0.4, -0.2) is 19.9 Å². The first-order valence-corrected chi connectivity index (χ1v) is 45.0. The lowest BCUT2D eigenvalue weighted by molar-refractivity contribution is 0.661. The van der Waals surface area contributed by atoms with Gasteiger partial charge in [0.2, 0.25) is 0 Å². The van der Waals surface area contributed by atoms with Crippen LogP contribution in [0.3, 0.4) is 0 Å². The molecule has 0 radical (unpaired) electrons. The Kier molecular flexibility index (Phi) is 15.2. The molecular weight excluding hydrogens is 1550 g/mol. The van der Waals surface area contributed by atoms with Gasteiger partial charge >= 0.3 is 0 Å². The molecule has 0 saturated heterocycles. The van der Waals surface area contributed by atoms with Gasteiger partial charge < -0.3 is 19.9 Å². The zero-order valence-electron chi connectivity index (χ0n) is 71.3. The summed E-state index contributed by atoms with van der Waals surface area (Å²) in [4.78, 5) is 15.0. The molecule has 4 nitrogen and oxygen atoms in total. The molecule has 600 valence electrons. The zero-order valence-corrected chi connectivity index (χ0v) is 71.3. The number of H-pyrrole nitrogens is 4. The lowest BCUT2D eigenvalue weighted by atomic mass is 9.67. The number of nitrogens with one attached hydrogen (secondary N) is 4. The number of hydrogen-bond donors (Lipinski definition) is 4. The number of para-hydroxylation sites is 1. The fraction of sp³-hybridized carbons (Fsp3) is 0.0645. The molecule has 0 amide bonds. The molecule has 0 saturated carbocycles. The average Bonchev–Trinajstić information content (AvgIpc) is 1.47. The molecule has 4 N–H and O–H groups in total. The quantitative estimate of drug-likeness (QED) is 0.133. The van der Waals surface area contributed by atoms with Gasteiger partial charge in [0.25, 0.3) is 0 Å². The lowest BCUT2D eigenvalue weighted by Gasteiger charge is -2.33. The van der Waals surface area contributed by atoms with Crippen molar-refractivity contribution in [3.8, 4) is 55.6 Å². The summed E-state index contributed by atoms with van der Waals surface area (Å²) in [5, 5.41) is 23.4. The van der Waals surface area contributed by atoms with Crippen LogP contribution in [0.15, 0.2) is 413 Å². The predicted molar refractivity (Wildman–Crippen MR) is 539 cm³/mol. The van der Waals surface area contributed by atoms with Crippen LogP contribution in [0.2, 0.25) is 0 Å². The number of aromatic nitrogens is 4. The van der Waals surface area contributed by atoms with Crippen molar-refractivity contribution in [1.82, 2.24) is 19.9 Å². The molecule has 0 atom stereocenters. The number of rotatable bonds is 2. The third-order valence-corrected chi connectivity index (χ3v) is 30.0. The Morgan fingerprint density at radius 3 is 1.12 bits per heavy atom. The molecule has 0 fully saturated rings. The van der Waals surface area contributed by atoms with Crippen molar-refractivity contribution in [3.05, 3.63) is 479 Å². The molecular formula is C124H84N4. The summed E-state index contributed by atoms with van der Waals surface area (Å²) in [6.45, 7) is 9.40. The summed E-state index contributed by atoms with van der Waals surface area (Å²) in [7, 11) is 0. The first-order chi connectivity index (χ1) is 63.0. The highest BCUT2D eigenvalue weighted by Crippen LogP contribution is 2.65. The fourth-order valence-electron chi connectivity index (χ4n) is 24.3. The molecule has 0 aliphatic heterocycles. The SMILES string of the molecule is CC1(C)c2cc3[nH]c4ccc5ccccc5c4c3cc2-c2c1ccc1ccccc21.CC1(C)c2ccccc2-c2cc3[nH]c4c5ccccc5ccc4c3cc21.c1ccc(C2(c3ccccc3)c3ccccc3-c3cc4c(cc32)[nH]c2c3ccccc3ccc42)cc1.c1ccc2c(c1)-c1ccccc1C21c2cc3[nH]c4ccccc4c3cc2-c2c1ccc1ccccc21. The topological polar surface area (TPSA) is 63.2 Å². The van der Waals surface area contributed by atoms with Crippen LogP contribution in [0.4, 0.5) is 0 Å². The Labute approximate surface area is 740 Å². The molecule has 4 heteroatoms. The van der Waals surface area contributed by atoms with E-state index in [1.165, 1.54) is 263 Å². The van der Waals surface area contributed by atoms with Crippen molar-refractivity contribution in [2.75, 3.05) is 0 Å². The Morgan fingerprint density at radius 1 is 0.164 bits per heavy atom. The Morgan fingerprint density at radius 2 is 0.516 bits per heavy atom. The molecule has 30 rings (SSSR count). The zero-order chi connectivity index (χ0) is 84.6. The average molecular weight is 1630 g/mol. The molecule has 5 aliphatic carbocycles. The largest absolute Gasteiger partial charge is 0.355 e. The Balaban J connectivity index is 0.0000000889. The highest BCUT2D eigenvalue weighted by Gasteiger charge is 2.53. The Bertz CT molecular complexity index is 9010. The van der Waals surface area contributed by atoms with E-state index >= 15 is 0 Å². The number of benzene rings is 21. The van der Waals surface area contributed by atoms with Crippen LogP contribution < -0.4 is 0 Å². The van der Waals surface area contributed by atoms with Crippen LogP contribution in [-0.2, 0) is 21.7 Å². The minimum Gasteiger partial charge on any atom is -0.355 e. The van der Waals surface area contributed by atoms with Gasteiger partial charge in [0.15, 0.2) is 0 Å². The van der Waals surface area contributed by atoms with Gasteiger partial charge in [-0.25, -0.2) is 0 Å². The highest BCUT2D eigenvalue weighted by atomic mass is 14.7. The van der Waals surface area contributed by atoms with Crippen LogP contribution in [0.1, 0.15) is 94.5 Å². The van der Waals surface area contributed by atoms with Gasteiger partial charge in [-0.1, -0.05) is 380 Å². The minimum absolute atomic E-state index is 0.0117. The van der Waals surface area contributed by atoms with Crippen molar-refractivity contribution in [2.24, 2.45) is 0 Å². The Hall–Kier alpha value is -15.9. The maximum Gasteiger partial charge on any atom is 0.0726 e. The highest BCUT2D eigenvalue weighted by molar-refractivity contribution is 6.24. The van der Waals surface area contributed by atoms with E-state index in [0.29, 0.717) is 0 Å². The molecule has 4 heterocycles. The summed E-state index contributed by atoms with van der Waals surface area (Å²) in [5.41, 5.74) is 39.1. The molecule has 21 aromatic carbocycles.